The van der Waals surface area contributed by atoms with Crippen LogP contribution in [0.25, 0.3) is 0 Å². The summed E-state index contributed by atoms with van der Waals surface area (Å²) in [5.41, 5.74) is 1.03. The summed E-state index contributed by atoms with van der Waals surface area (Å²) in [5.74, 6) is 1.18. The highest BCUT2D eigenvalue weighted by Crippen LogP contribution is 2.40. The average molecular weight is 389 g/mol. The van der Waals surface area contributed by atoms with E-state index in [0.29, 0.717) is 11.5 Å². The summed E-state index contributed by atoms with van der Waals surface area (Å²) in [6.07, 6.45) is 2.92. The fourth-order valence-corrected chi connectivity index (χ4v) is 3.75. The van der Waals surface area contributed by atoms with E-state index in [9.17, 15) is 13.2 Å². The standard InChI is InChI=1S/C23H26F3NO/c1-16(2)28-22-18(11-8-12-19(22)17-9-4-3-5-10-17)15-27-21-14-7-6-13-20(21)23(24,25)26/h6-8,11-17H,3-5,9-10H2,1-2H3. The topological polar surface area (TPSA) is 21.6 Å². The van der Waals surface area contributed by atoms with Gasteiger partial charge in [-0.1, -0.05) is 43.5 Å². The van der Waals surface area contributed by atoms with Gasteiger partial charge in [-0.15, -0.1) is 0 Å². The van der Waals surface area contributed by atoms with E-state index in [1.165, 1.54) is 37.6 Å². The average Bonchev–Trinajstić information content (AvgIpc) is 2.67. The van der Waals surface area contributed by atoms with Gasteiger partial charge in [0.1, 0.15) is 5.75 Å². The molecule has 0 unspecified atom stereocenters. The van der Waals surface area contributed by atoms with E-state index in [-0.39, 0.29) is 11.8 Å². The Balaban J connectivity index is 1.99. The molecule has 1 saturated carbocycles. The highest BCUT2D eigenvalue weighted by molar-refractivity contribution is 5.86. The molecule has 2 aromatic carbocycles. The van der Waals surface area contributed by atoms with Crippen LogP contribution in [0.4, 0.5) is 18.9 Å². The van der Waals surface area contributed by atoms with Crippen LogP contribution in [0.1, 0.15) is 68.6 Å². The first-order valence-corrected chi connectivity index (χ1v) is 9.86. The van der Waals surface area contributed by atoms with Crippen LogP contribution in [-0.2, 0) is 6.18 Å². The Hall–Kier alpha value is -2.30. The molecule has 0 amide bonds. The molecule has 0 heterocycles. The molecule has 1 fully saturated rings. The lowest BCUT2D eigenvalue weighted by molar-refractivity contribution is -0.137. The molecule has 0 saturated heterocycles. The minimum absolute atomic E-state index is 0.0284. The molecule has 0 bridgehead atoms. The van der Waals surface area contributed by atoms with Crippen molar-refractivity contribution in [3.05, 3.63) is 59.2 Å². The molecule has 1 aliphatic rings. The number of ether oxygens (including phenoxy) is 1. The number of aliphatic imine (C=N–C) groups is 1. The summed E-state index contributed by atoms with van der Waals surface area (Å²) < 4.78 is 45.8. The van der Waals surface area contributed by atoms with Gasteiger partial charge in [0.2, 0.25) is 0 Å². The minimum Gasteiger partial charge on any atom is -0.490 e. The Labute approximate surface area is 164 Å². The minimum atomic E-state index is -4.44. The van der Waals surface area contributed by atoms with Crippen molar-refractivity contribution in [2.45, 2.75) is 64.1 Å². The Bertz CT molecular complexity index is 821. The predicted molar refractivity (Wildman–Crippen MR) is 107 cm³/mol. The maximum absolute atomic E-state index is 13.2. The normalized spacial score (nSPS) is 16.1. The van der Waals surface area contributed by atoms with Crippen LogP contribution in [0.5, 0.6) is 5.75 Å². The maximum atomic E-state index is 13.2. The van der Waals surface area contributed by atoms with Crippen molar-refractivity contribution in [2.24, 2.45) is 4.99 Å². The van der Waals surface area contributed by atoms with Gasteiger partial charge in [0, 0.05) is 11.8 Å². The number of rotatable bonds is 5. The molecule has 28 heavy (non-hydrogen) atoms. The van der Waals surface area contributed by atoms with Gasteiger partial charge in [0.25, 0.3) is 0 Å². The zero-order chi connectivity index (χ0) is 20.1. The quantitative estimate of drug-likeness (QED) is 0.492. The lowest BCUT2D eigenvalue weighted by Gasteiger charge is -2.26. The summed E-state index contributed by atoms with van der Waals surface area (Å²) in [4.78, 5) is 4.17. The van der Waals surface area contributed by atoms with Gasteiger partial charge in [-0.3, -0.25) is 4.99 Å². The third kappa shape index (κ3) is 4.94. The Morgan fingerprint density at radius 3 is 2.39 bits per heavy atom. The molecule has 0 N–H and O–H groups in total. The summed E-state index contributed by atoms with van der Waals surface area (Å²) in [6.45, 7) is 3.91. The van der Waals surface area contributed by atoms with Crippen molar-refractivity contribution >= 4 is 11.9 Å². The lowest BCUT2D eigenvalue weighted by Crippen LogP contribution is -2.13. The number of benzene rings is 2. The van der Waals surface area contributed by atoms with E-state index in [2.05, 4.69) is 11.1 Å². The van der Waals surface area contributed by atoms with Crippen molar-refractivity contribution < 1.29 is 17.9 Å². The van der Waals surface area contributed by atoms with Gasteiger partial charge in [-0.25, -0.2) is 0 Å². The van der Waals surface area contributed by atoms with Gasteiger partial charge in [-0.2, -0.15) is 13.2 Å². The van der Waals surface area contributed by atoms with E-state index >= 15 is 0 Å². The summed E-state index contributed by atoms with van der Waals surface area (Å²) >= 11 is 0. The zero-order valence-electron chi connectivity index (χ0n) is 16.3. The van der Waals surface area contributed by atoms with Crippen molar-refractivity contribution in [2.75, 3.05) is 0 Å². The van der Waals surface area contributed by atoms with Crippen LogP contribution in [-0.4, -0.2) is 12.3 Å². The Kier molecular flexibility index (Phi) is 6.42. The fraction of sp³-hybridized carbons (Fsp3) is 0.435. The number of hydrogen-bond acceptors (Lipinski definition) is 2. The number of nitrogens with zero attached hydrogens (tertiary/aromatic N) is 1. The molecular weight excluding hydrogens is 363 g/mol. The monoisotopic (exact) mass is 389 g/mol. The Morgan fingerprint density at radius 1 is 1.00 bits per heavy atom. The molecular formula is C23H26F3NO. The van der Waals surface area contributed by atoms with Crippen LogP contribution in [0.15, 0.2) is 47.5 Å². The molecule has 150 valence electrons. The van der Waals surface area contributed by atoms with Gasteiger partial charge >= 0.3 is 6.18 Å². The summed E-state index contributed by atoms with van der Waals surface area (Å²) in [5, 5.41) is 0. The first kappa shape index (κ1) is 20.4. The number of alkyl halides is 3. The van der Waals surface area contributed by atoms with Crippen molar-refractivity contribution in [1.82, 2.24) is 0 Å². The van der Waals surface area contributed by atoms with E-state index in [1.807, 2.05) is 26.0 Å². The van der Waals surface area contributed by atoms with Crippen molar-refractivity contribution in [3.63, 3.8) is 0 Å². The largest absolute Gasteiger partial charge is 0.490 e. The number of halogens is 3. The Morgan fingerprint density at radius 2 is 1.71 bits per heavy atom. The second-order valence-corrected chi connectivity index (χ2v) is 7.54. The summed E-state index contributed by atoms with van der Waals surface area (Å²) in [6, 6.07) is 11.2. The first-order valence-electron chi connectivity index (χ1n) is 9.86. The maximum Gasteiger partial charge on any atom is 0.418 e. The highest BCUT2D eigenvalue weighted by Gasteiger charge is 2.33. The second-order valence-electron chi connectivity index (χ2n) is 7.54. The predicted octanol–water partition coefficient (Wildman–Crippen LogP) is 7.29. The first-order chi connectivity index (χ1) is 13.4. The van der Waals surface area contributed by atoms with Crippen molar-refractivity contribution in [3.8, 4) is 5.75 Å². The van der Waals surface area contributed by atoms with E-state index in [1.54, 1.807) is 6.07 Å². The zero-order valence-corrected chi connectivity index (χ0v) is 16.3. The van der Waals surface area contributed by atoms with Gasteiger partial charge in [0.15, 0.2) is 0 Å². The van der Waals surface area contributed by atoms with Crippen molar-refractivity contribution in [1.29, 1.82) is 0 Å². The molecule has 5 heteroatoms. The smallest absolute Gasteiger partial charge is 0.418 e. The lowest BCUT2D eigenvalue weighted by atomic mass is 9.83. The van der Waals surface area contributed by atoms with Gasteiger partial charge in [-0.05, 0) is 56.4 Å². The molecule has 0 aliphatic heterocycles. The van der Waals surface area contributed by atoms with E-state index < -0.39 is 11.7 Å². The molecule has 2 nitrogen and oxygen atoms in total. The third-order valence-corrected chi connectivity index (χ3v) is 5.03. The molecule has 0 spiro atoms. The molecule has 1 aliphatic carbocycles. The molecule has 0 aromatic heterocycles. The molecule has 0 radical (unpaired) electrons. The van der Waals surface area contributed by atoms with Crippen LogP contribution < -0.4 is 4.74 Å². The van der Waals surface area contributed by atoms with Gasteiger partial charge < -0.3 is 4.74 Å². The molecule has 3 rings (SSSR count). The van der Waals surface area contributed by atoms with E-state index in [0.717, 1.165) is 30.2 Å². The highest BCUT2D eigenvalue weighted by atomic mass is 19.4. The third-order valence-electron chi connectivity index (χ3n) is 5.03. The van der Waals surface area contributed by atoms with Gasteiger partial charge in [0.05, 0.1) is 17.4 Å². The number of hydrogen-bond donors (Lipinski definition) is 0. The number of para-hydroxylation sites is 2. The van der Waals surface area contributed by atoms with Crippen LogP contribution in [0, 0.1) is 0 Å². The fourth-order valence-electron chi connectivity index (χ4n) is 3.75. The summed E-state index contributed by atoms with van der Waals surface area (Å²) in [7, 11) is 0. The van der Waals surface area contributed by atoms with Crippen LogP contribution in [0.2, 0.25) is 0 Å². The van der Waals surface area contributed by atoms with Crippen LogP contribution in [0.3, 0.4) is 0 Å². The SMILES string of the molecule is CC(C)Oc1c(C=Nc2ccccc2C(F)(F)F)cccc1C1CCCCC1. The molecule has 0 atom stereocenters. The van der Waals surface area contributed by atoms with E-state index in [4.69, 9.17) is 4.74 Å². The molecule has 2 aromatic rings. The second kappa shape index (κ2) is 8.80. The van der Waals surface area contributed by atoms with Crippen LogP contribution >= 0.6 is 0 Å².